The van der Waals surface area contributed by atoms with Crippen molar-refractivity contribution in [3.63, 3.8) is 0 Å². The van der Waals surface area contributed by atoms with Gasteiger partial charge >= 0.3 is 11.9 Å². The maximum atomic E-state index is 14.4. The Hall–Kier alpha value is -7.38. The number of rotatable bonds is 8. The molecule has 316 valence electrons. The molecule has 62 heavy (non-hydrogen) atoms. The van der Waals surface area contributed by atoms with E-state index in [1.54, 1.807) is 54.2 Å². The van der Waals surface area contributed by atoms with Crippen LogP contribution in [0.4, 0.5) is 31.9 Å². The summed E-state index contributed by atoms with van der Waals surface area (Å²) in [7, 11) is 0. The second-order valence-corrected chi connectivity index (χ2v) is 15.5. The Morgan fingerprint density at radius 1 is 0.581 bits per heavy atom. The Bertz CT molecular complexity index is 2460. The molecule has 6 aromatic heterocycles. The van der Waals surface area contributed by atoms with Crippen LogP contribution in [0.2, 0.25) is 0 Å². The first-order valence-corrected chi connectivity index (χ1v) is 20.1. The summed E-state index contributed by atoms with van der Waals surface area (Å²) in [5, 5.41) is 18.2. The molecular formula is C42H40F2N14O4. The molecule has 10 rings (SSSR count). The number of nitrogens with zero attached hydrogens (tertiary/aromatic N) is 14. The second-order valence-electron chi connectivity index (χ2n) is 15.5. The lowest BCUT2D eigenvalue weighted by atomic mass is 9.98. The zero-order chi connectivity index (χ0) is 43.1. The lowest BCUT2D eigenvalue weighted by Gasteiger charge is -2.40. The predicted octanol–water partition coefficient (Wildman–Crippen LogP) is 4.22. The van der Waals surface area contributed by atoms with Crippen LogP contribution in [0.1, 0.15) is 48.4 Å². The van der Waals surface area contributed by atoms with Crippen LogP contribution in [0.5, 0.6) is 0 Å². The molecule has 0 radical (unpaired) electrons. The van der Waals surface area contributed by atoms with Crippen molar-refractivity contribution in [3.05, 3.63) is 108 Å². The van der Waals surface area contributed by atoms with Crippen molar-refractivity contribution in [2.45, 2.75) is 38.8 Å². The predicted molar refractivity (Wildman–Crippen MR) is 220 cm³/mol. The van der Waals surface area contributed by atoms with E-state index in [9.17, 15) is 18.4 Å². The third kappa shape index (κ3) is 7.97. The highest BCUT2D eigenvalue weighted by Gasteiger charge is 2.36. The fraction of sp³-hybridized carbons (Fsp3) is 0.333. The van der Waals surface area contributed by atoms with Crippen LogP contribution in [0.25, 0.3) is 23.3 Å². The van der Waals surface area contributed by atoms with E-state index in [0.29, 0.717) is 98.5 Å². The number of halogens is 2. The van der Waals surface area contributed by atoms with Gasteiger partial charge in [0, 0.05) is 130 Å². The lowest BCUT2D eigenvalue weighted by molar-refractivity contribution is -0.143. The topological polar surface area (TPSA) is 216 Å². The molecule has 0 spiro atoms. The molecule has 0 saturated carbocycles. The summed E-state index contributed by atoms with van der Waals surface area (Å²) >= 11 is 0. The SMILES string of the molecule is CC1c2cnc(-c3ncccn3)nc2CCN1c1cc(F)cc(N2CC(C(=O)O)C2)n1.CC1c2cnc(-c3ncccn3)nc2CCN1c1cc(N2CC(C(=O)O)C2)cc(F)n1. The quantitative estimate of drug-likeness (QED) is 0.205. The third-order valence-corrected chi connectivity index (χ3v) is 11.6. The van der Waals surface area contributed by atoms with E-state index in [0.717, 1.165) is 22.5 Å². The smallest absolute Gasteiger partial charge is 0.310 e. The summed E-state index contributed by atoms with van der Waals surface area (Å²) in [5.74, 6) is -0.0904. The van der Waals surface area contributed by atoms with Crippen molar-refractivity contribution in [1.82, 2.24) is 49.8 Å². The highest BCUT2D eigenvalue weighted by atomic mass is 19.1. The number of carboxylic acid groups (broad SMARTS) is 2. The van der Waals surface area contributed by atoms with Gasteiger partial charge in [-0.15, -0.1) is 0 Å². The van der Waals surface area contributed by atoms with Gasteiger partial charge in [0.2, 0.25) is 5.95 Å². The Kier molecular flexibility index (Phi) is 10.7. The summed E-state index contributed by atoms with van der Waals surface area (Å²) in [4.78, 5) is 73.5. The normalized spacial score (nSPS) is 18.5. The number of hydrogen-bond donors (Lipinski definition) is 2. The summed E-state index contributed by atoms with van der Waals surface area (Å²) in [5.41, 5.74) is 4.39. The van der Waals surface area contributed by atoms with Crippen LogP contribution in [-0.4, -0.2) is 111 Å². The van der Waals surface area contributed by atoms with E-state index >= 15 is 0 Å². The van der Waals surface area contributed by atoms with E-state index in [1.165, 1.54) is 18.2 Å². The molecule has 4 aliphatic heterocycles. The summed E-state index contributed by atoms with van der Waals surface area (Å²) in [6.45, 7) is 6.67. The number of hydrogen-bond acceptors (Lipinski definition) is 16. The van der Waals surface area contributed by atoms with Crippen molar-refractivity contribution in [2.75, 3.05) is 58.9 Å². The summed E-state index contributed by atoms with van der Waals surface area (Å²) in [6, 6.07) is 9.20. The van der Waals surface area contributed by atoms with Crippen LogP contribution in [0.15, 0.2) is 73.6 Å². The largest absolute Gasteiger partial charge is 0.481 e. The number of carboxylic acids is 2. The molecule has 18 nitrogen and oxygen atoms in total. The zero-order valence-corrected chi connectivity index (χ0v) is 33.6. The van der Waals surface area contributed by atoms with Gasteiger partial charge in [0.05, 0.1) is 35.3 Å². The van der Waals surface area contributed by atoms with Crippen molar-refractivity contribution in [2.24, 2.45) is 11.8 Å². The van der Waals surface area contributed by atoms with E-state index in [4.69, 9.17) is 10.2 Å². The van der Waals surface area contributed by atoms with Crippen LogP contribution in [-0.2, 0) is 22.4 Å². The Morgan fingerprint density at radius 3 is 1.55 bits per heavy atom. The Labute approximate surface area is 353 Å². The van der Waals surface area contributed by atoms with Gasteiger partial charge in [-0.3, -0.25) is 9.59 Å². The van der Waals surface area contributed by atoms with E-state index < -0.39 is 35.5 Å². The minimum Gasteiger partial charge on any atom is -0.481 e. The molecule has 0 bridgehead atoms. The first-order valence-electron chi connectivity index (χ1n) is 20.1. The Morgan fingerprint density at radius 2 is 1.05 bits per heavy atom. The van der Waals surface area contributed by atoms with Crippen LogP contribution in [0.3, 0.4) is 0 Å². The molecule has 10 heterocycles. The molecule has 2 N–H and O–H groups in total. The first kappa shape index (κ1) is 40.0. The van der Waals surface area contributed by atoms with Gasteiger partial charge in [-0.25, -0.2) is 54.2 Å². The monoisotopic (exact) mass is 842 g/mol. The number of anilines is 4. The molecular weight excluding hydrogens is 803 g/mol. The highest BCUT2D eigenvalue weighted by molar-refractivity contribution is 5.75. The van der Waals surface area contributed by atoms with Gasteiger partial charge < -0.3 is 29.8 Å². The molecule has 2 unspecified atom stereocenters. The number of pyridine rings is 2. The van der Waals surface area contributed by atoms with Crippen LogP contribution >= 0.6 is 0 Å². The number of carbonyl (C=O) groups is 2. The standard InChI is InChI=1S/2C21H20FN7O2/c1-12-15-9-25-20(19-23-4-2-5-24-19)26-16(15)3-6-29(12)18-8-14(7-17(22)27-18)28-10-13(11-28)21(30)31;1-12-15-9-25-20(19-23-4-2-5-24-19)26-16(15)3-6-29(12)18-8-14(22)7-17(27-18)28-10-13(11-28)21(30)31/h2*2,4-5,7-9,12-13H,3,6,10-11H2,1H3,(H,30,31). The van der Waals surface area contributed by atoms with E-state index in [-0.39, 0.29) is 12.1 Å². The average molecular weight is 843 g/mol. The van der Waals surface area contributed by atoms with Crippen molar-refractivity contribution in [3.8, 4) is 23.3 Å². The fourth-order valence-electron chi connectivity index (χ4n) is 8.04. The van der Waals surface area contributed by atoms with Gasteiger partial charge in [0.25, 0.3) is 0 Å². The van der Waals surface area contributed by atoms with E-state index in [2.05, 4.69) is 49.8 Å². The van der Waals surface area contributed by atoms with Crippen LogP contribution < -0.4 is 19.6 Å². The molecule has 0 aromatic carbocycles. The summed E-state index contributed by atoms with van der Waals surface area (Å²) < 4.78 is 28.7. The number of aromatic nitrogens is 10. The Balaban J connectivity index is 0.000000158. The summed E-state index contributed by atoms with van der Waals surface area (Å²) in [6.07, 6.45) is 11.5. The minimum atomic E-state index is -0.839. The number of fused-ring (bicyclic) bond motifs is 2. The molecule has 6 aromatic rings. The molecule has 4 aliphatic rings. The highest BCUT2D eigenvalue weighted by Crippen LogP contribution is 2.37. The van der Waals surface area contributed by atoms with Crippen molar-refractivity contribution < 1.29 is 28.6 Å². The van der Waals surface area contributed by atoms with Gasteiger partial charge in [0.15, 0.2) is 23.3 Å². The minimum absolute atomic E-state index is 0.0974. The number of aliphatic carboxylic acids is 2. The fourth-order valence-corrected chi connectivity index (χ4v) is 8.04. The molecule has 2 fully saturated rings. The van der Waals surface area contributed by atoms with Crippen LogP contribution in [0, 0.1) is 23.6 Å². The van der Waals surface area contributed by atoms with Crippen molar-refractivity contribution in [1.29, 1.82) is 0 Å². The zero-order valence-electron chi connectivity index (χ0n) is 33.6. The molecule has 0 aliphatic carbocycles. The maximum Gasteiger partial charge on any atom is 0.310 e. The van der Waals surface area contributed by atoms with Gasteiger partial charge in [-0.2, -0.15) is 4.39 Å². The maximum absolute atomic E-state index is 14.4. The molecule has 2 atom stereocenters. The van der Waals surface area contributed by atoms with Crippen molar-refractivity contribution >= 4 is 35.1 Å². The average Bonchev–Trinajstić information content (AvgIpc) is 3.23. The molecule has 20 heteroatoms. The van der Waals surface area contributed by atoms with Gasteiger partial charge in [-0.1, -0.05) is 0 Å². The van der Waals surface area contributed by atoms with Gasteiger partial charge in [-0.05, 0) is 26.0 Å². The third-order valence-electron chi connectivity index (χ3n) is 11.6. The second kappa shape index (κ2) is 16.6. The van der Waals surface area contributed by atoms with Gasteiger partial charge in [0.1, 0.15) is 23.3 Å². The molecule has 0 amide bonds. The van der Waals surface area contributed by atoms with E-state index in [1.807, 2.05) is 34.6 Å². The first-order chi connectivity index (χ1) is 30.0. The molecule has 2 saturated heterocycles. The lowest BCUT2D eigenvalue weighted by Crippen LogP contribution is -2.51.